The quantitative estimate of drug-likeness (QED) is 0.533. The van der Waals surface area contributed by atoms with Crippen LogP contribution in [0.2, 0.25) is 0 Å². The second-order valence-corrected chi connectivity index (χ2v) is 12.4. The molecule has 0 saturated carbocycles. The smallest absolute Gasteiger partial charge is 0.263 e. The highest BCUT2D eigenvalue weighted by Gasteiger charge is 2.36. The summed E-state index contributed by atoms with van der Waals surface area (Å²) in [7, 11) is -3.77. The first-order chi connectivity index (χ1) is 17.7. The third-order valence-corrected chi connectivity index (χ3v) is 9.05. The zero-order valence-electron chi connectivity index (χ0n) is 20.9. The standard InChI is InChI=1S/C26H30N6O4S/c1-26(2)6-5-21-20(13-26)25(29-16-28-21)31-8-10-36-22-4-3-17(11-19(22)15-31)18-12-23-24(27-14-18)30-32(7-9-33)37(23,34)35/h3-4,11-12,14,16,33H,5-10,13,15H2,1-2H3,(H,27,30). The Labute approximate surface area is 216 Å². The van der Waals surface area contributed by atoms with Gasteiger partial charge in [0, 0.05) is 35.1 Å². The number of hydrogen-bond acceptors (Lipinski definition) is 9. The van der Waals surface area contributed by atoms with E-state index in [-0.39, 0.29) is 29.3 Å². The number of hydrazine groups is 1. The topological polar surface area (TPSA) is 121 Å². The minimum absolute atomic E-state index is 0.0516. The first-order valence-electron chi connectivity index (χ1n) is 12.5. The lowest BCUT2D eigenvalue weighted by atomic mass is 9.76. The number of hydrogen-bond donors (Lipinski definition) is 2. The number of sulfonamides is 1. The van der Waals surface area contributed by atoms with Crippen molar-refractivity contribution in [3.8, 4) is 16.9 Å². The van der Waals surface area contributed by atoms with E-state index in [1.165, 1.54) is 5.56 Å². The fourth-order valence-electron chi connectivity index (χ4n) is 5.33. The van der Waals surface area contributed by atoms with Crippen LogP contribution in [0.3, 0.4) is 0 Å². The number of β-amino-alcohol motifs (C(OH)–C–C–N with tert-alkyl or cyclic N) is 1. The van der Waals surface area contributed by atoms with E-state index >= 15 is 0 Å². The average Bonchev–Trinajstić information content (AvgIpc) is 3.00. The van der Waals surface area contributed by atoms with Crippen molar-refractivity contribution in [2.24, 2.45) is 5.41 Å². The molecular weight excluding hydrogens is 492 g/mol. The van der Waals surface area contributed by atoms with Crippen LogP contribution in [0, 0.1) is 5.41 Å². The summed E-state index contributed by atoms with van der Waals surface area (Å²) in [5.74, 6) is 2.05. The minimum atomic E-state index is -3.77. The van der Waals surface area contributed by atoms with Gasteiger partial charge in [-0.2, -0.15) is 0 Å². The summed E-state index contributed by atoms with van der Waals surface area (Å²) in [6.07, 6.45) is 6.34. The largest absolute Gasteiger partial charge is 0.491 e. The Bertz CT molecular complexity index is 1480. The van der Waals surface area contributed by atoms with E-state index in [2.05, 4.69) is 34.1 Å². The van der Waals surface area contributed by atoms with Crippen molar-refractivity contribution in [2.45, 2.75) is 44.6 Å². The number of fused-ring (bicyclic) bond motifs is 3. The number of anilines is 2. The maximum atomic E-state index is 12.9. The van der Waals surface area contributed by atoms with E-state index in [4.69, 9.17) is 9.72 Å². The van der Waals surface area contributed by atoms with Gasteiger partial charge in [-0.3, -0.25) is 5.43 Å². The summed E-state index contributed by atoms with van der Waals surface area (Å²) in [6, 6.07) is 7.52. The second-order valence-electron chi connectivity index (χ2n) is 10.5. The number of aryl methyl sites for hydroxylation is 1. The van der Waals surface area contributed by atoms with E-state index in [1.807, 2.05) is 18.2 Å². The predicted molar refractivity (Wildman–Crippen MR) is 139 cm³/mol. The predicted octanol–water partition coefficient (Wildman–Crippen LogP) is 2.78. The molecule has 0 radical (unpaired) electrons. The van der Waals surface area contributed by atoms with Crippen LogP contribution in [0.25, 0.3) is 11.1 Å². The average molecular weight is 523 g/mol. The van der Waals surface area contributed by atoms with E-state index in [1.54, 1.807) is 18.6 Å². The van der Waals surface area contributed by atoms with Crippen LogP contribution in [0.5, 0.6) is 5.75 Å². The molecule has 11 heteroatoms. The lowest BCUT2D eigenvalue weighted by Gasteiger charge is -2.33. The van der Waals surface area contributed by atoms with Crippen molar-refractivity contribution in [3.63, 3.8) is 0 Å². The molecule has 3 aliphatic rings. The number of nitrogens with zero attached hydrogens (tertiary/aromatic N) is 5. The Balaban J connectivity index is 1.33. The van der Waals surface area contributed by atoms with Gasteiger partial charge in [0.25, 0.3) is 10.0 Å². The monoisotopic (exact) mass is 522 g/mol. The number of benzene rings is 1. The highest BCUT2D eigenvalue weighted by Crippen LogP contribution is 2.39. The maximum Gasteiger partial charge on any atom is 0.263 e. The summed E-state index contributed by atoms with van der Waals surface area (Å²) in [5.41, 5.74) is 7.87. The SMILES string of the molecule is CC1(C)CCc2ncnc(N3CCOc4ccc(-c5cnc6c(c5)S(=O)(=O)N(CCO)N6)cc4C3)c2C1. The molecule has 10 nitrogen and oxygen atoms in total. The molecule has 1 aromatic carbocycles. The minimum Gasteiger partial charge on any atom is -0.491 e. The van der Waals surface area contributed by atoms with Gasteiger partial charge in [-0.15, -0.1) is 4.41 Å². The Morgan fingerprint density at radius 1 is 1.16 bits per heavy atom. The van der Waals surface area contributed by atoms with Crippen LogP contribution in [-0.4, -0.2) is 59.2 Å². The Morgan fingerprint density at radius 3 is 2.86 bits per heavy atom. The van der Waals surface area contributed by atoms with Crippen molar-refractivity contribution >= 4 is 21.7 Å². The molecule has 194 valence electrons. The van der Waals surface area contributed by atoms with Gasteiger partial charge in [-0.05, 0) is 48.4 Å². The van der Waals surface area contributed by atoms with Crippen LogP contribution in [0.4, 0.5) is 11.6 Å². The number of pyridine rings is 1. The summed E-state index contributed by atoms with van der Waals surface area (Å²) < 4.78 is 32.8. The van der Waals surface area contributed by atoms with Crippen LogP contribution < -0.4 is 15.1 Å². The van der Waals surface area contributed by atoms with E-state index < -0.39 is 10.0 Å². The molecule has 2 aliphatic heterocycles. The van der Waals surface area contributed by atoms with Crippen molar-refractivity contribution in [1.29, 1.82) is 0 Å². The van der Waals surface area contributed by atoms with Gasteiger partial charge < -0.3 is 14.7 Å². The van der Waals surface area contributed by atoms with Gasteiger partial charge in [0.05, 0.1) is 19.7 Å². The number of aliphatic hydroxyl groups excluding tert-OH is 1. The lowest BCUT2D eigenvalue weighted by molar-refractivity contribution is 0.267. The third kappa shape index (κ3) is 4.30. The highest BCUT2D eigenvalue weighted by molar-refractivity contribution is 7.89. The maximum absolute atomic E-state index is 12.9. The number of aliphatic hydroxyl groups is 1. The summed E-state index contributed by atoms with van der Waals surface area (Å²) in [4.78, 5) is 16.0. The fourth-order valence-corrected chi connectivity index (χ4v) is 6.72. The Hall–Kier alpha value is -3.28. The van der Waals surface area contributed by atoms with Crippen LogP contribution in [0.1, 0.15) is 37.1 Å². The lowest BCUT2D eigenvalue weighted by Crippen LogP contribution is -2.32. The molecule has 2 aromatic heterocycles. The molecular formula is C26H30N6O4S. The Morgan fingerprint density at radius 2 is 2.03 bits per heavy atom. The normalized spacial score (nSPS) is 19.7. The summed E-state index contributed by atoms with van der Waals surface area (Å²) in [5, 5.41) is 9.21. The first-order valence-corrected chi connectivity index (χ1v) is 13.9. The third-order valence-electron chi connectivity index (χ3n) is 7.33. The van der Waals surface area contributed by atoms with Gasteiger partial charge in [0.15, 0.2) is 5.82 Å². The zero-order chi connectivity index (χ0) is 25.8. The summed E-state index contributed by atoms with van der Waals surface area (Å²) >= 11 is 0. The van der Waals surface area contributed by atoms with Crippen LogP contribution in [-0.2, 0) is 29.4 Å². The van der Waals surface area contributed by atoms with Gasteiger partial charge in [0.2, 0.25) is 0 Å². The Kier molecular flexibility index (Phi) is 5.81. The molecule has 0 atom stereocenters. The number of rotatable bonds is 4. The molecule has 0 saturated heterocycles. The molecule has 37 heavy (non-hydrogen) atoms. The zero-order valence-corrected chi connectivity index (χ0v) is 21.8. The van der Waals surface area contributed by atoms with Gasteiger partial charge in [0.1, 0.15) is 29.4 Å². The van der Waals surface area contributed by atoms with E-state index in [9.17, 15) is 13.5 Å². The molecule has 0 spiro atoms. The number of ether oxygens (including phenoxy) is 1. The molecule has 0 bridgehead atoms. The molecule has 1 aliphatic carbocycles. The molecule has 6 rings (SSSR count). The number of nitrogens with one attached hydrogen (secondary N) is 1. The molecule has 3 aromatic rings. The van der Waals surface area contributed by atoms with E-state index in [0.717, 1.165) is 52.1 Å². The molecule has 4 heterocycles. The second kappa shape index (κ2) is 8.93. The first kappa shape index (κ1) is 24.1. The van der Waals surface area contributed by atoms with E-state index in [0.29, 0.717) is 25.3 Å². The van der Waals surface area contributed by atoms with Gasteiger partial charge in [-0.25, -0.2) is 23.4 Å². The summed E-state index contributed by atoms with van der Waals surface area (Å²) in [6.45, 7) is 6.12. The molecule has 0 amide bonds. The van der Waals surface area contributed by atoms with Crippen LogP contribution >= 0.6 is 0 Å². The van der Waals surface area contributed by atoms with Gasteiger partial charge >= 0.3 is 0 Å². The number of aromatic nitrogens is 3. The van der Waals surface area contributed by atoms with Crippen molar-refractivity contribution in [1.82, 2.24) is 19.4 Å². The van der Waals surface area contributed by atoms with Gasteiger partial charge in [-0.1, -0.05) is 19.9 Å². The van der Waals surface area contributed by atoms with Crippen molar-refractivity contribution in [3.05, 3.63) is 53.6 Å². The molecule has 2 N–H and O–H groups in total. The molecule has 0 fully saturated rings. The molecule has 0 unspecified atom stereocenters. The van der Waals surface area contributed by atoms with Crippen LogP contribution in [0.15, 0.2) is 41.7 Å². The van der Waals surface area contributed by atoms with Crippen molar-refractivity contribution in [2.75, 3.05) is 36.6 Å². The van der Waals surface area contributed by atoms with Crippen molar-refractivity contribution < 1.29 is 18.3 Å². The highest BCUT2D eigenvalue weighted by atomic mass is 32.2. The fraction of sp³-hybridized carbons (Fsp3) is 0.423.